The maximum Gasteiger partial charge on any atom is 0.0237 e. The number of nitrogens with two attached hydrogens (primary N) is 1. The highest BCUT2D eigenvalue weighted by atomic mass is 32.2. The maximum absolute atomic E-state index is 5.78. The van der Waals surface area contributed by atoms with Crippen LogP contribution in [0.4, 0.5) is 0 Å². The summed E-state index contributed by atoms with van der Waals surface area (Å²) in [6.45, 7) is 3.05. The van der Waals surface area contributed by atoms with E-state index in [0.29, 0.717) is 6.04 Å². The summed E-state index contributed by atoms with van der Waals surface area (Å²) >= 11 is 1.79. The summed E-state index contributed by atoms with van der Waals surface area (Å²) in [5.41, 5.74) is 7.18. The van der Waals surface area contributed by atoms with Crippen LogP contribution in [0.15, 0.2) is 29.2 Å². The van der Waals surface area contributed by atoms with E-state index >= 15 is 0 Å². The second-order valence-electron chi connectivity index (χ2n) is 4.35. The molecule has 0 saturated carbocycles. The van der Waals surface area contributed by atoms with Gasteiger partial charge in [-0.1, -0.05) is 12.1 Å². The molecule has 0 spiro atoms. The smallest absolute Gasteiger partial charge is 0.0237 e. The zero-order chi connectivity index (χ0) is 11.4. The lowest BCUT2D eigenvalue weighted by atomic mass is 10.2. The molecule has 1 aliphatic heterocycles. The van der Waals surface area contributed by atoms with E-state index in [2.05, 4.69) is 35.4 Å². The second-order valence-corrected chi connectivity index (χ2v) is 5.23. The lowest BCUT2D eigenvalue weighted by Gasteiger charge is -2.23. The van der Waals surface area contributed by atoms with Crippen molar-refractivity contribution >= 4 is 11.8 Å². The van der Waals surface area contributed by atoms with Crippen molar-refractivity contribution in [1.29, 1.82) is 0 Å². The van der Waals surface area contributed by atoms with Crippen molar-refractivity contribution in [3.63, 3.8) is 0 Å². The van der Waals surface area contributed by atoms with Crippen LogP contribution in [0.1, 0.15) is 18.4 Å². The van der Waals surface area contributed by atoms with Crippen LogP contribution in [0, 0.1) is 0 Å². The molecule has 0 amide bonds. The van der Waals surface area contributed by atoms with E-state index in [4.69, 9.17) is 5.73 Å². The minimum absolute atomic E-state index is 0.597. The van der Waals surface area contributed by atoms with E-state index in [1.165, 1.54) is 29.8 Å². The van der Waals surface area contributed by atoms with Gasteiger partial charge in [-0.05, 0) is 43.3 Å². The first-order valence-corrected chi connectivity index (χ1v) is 7.13. The molecule has 2 nitrogen and oxygen atoms in total. The number of likely N-dealkylation sites (tertiary alicyclic amines) is 1. The Hall–Kier alpha value is -0.510. The SMILES string of the molecule is CSc1ccc(CN2CCCC2CN)cc1. The highest BCUT2D eigenvalue weighted by molar-refractivity contribution is 7.98. The minimum Gasteiger partial charge on any atom is -0.329 e. The Morgan fingerprint density at radius 2 is 2.12 bits per heavy atom. The van der Waals surface area contributed by atoms with Gasteiger partial charge in [-0.3, -0.25) is 4.90 Å². The Morgan fingerprint density at radius 1 is 1.38 bits per heavy atom. The molecule has 2 rings (SSSR count). The molecule has 1 atom stereocenters. The van der Waals surface area contributed by atoms with Gasteiger partial charge in [0, 0.05) is 24.0 Å². The van der Waals surface area contributed by atoms with Gasteiger partial charge in [0.1, 0.15) is 0 Å². The van der Waals surface area contributed by atoms with E-state index in [9.17, 15) is 0 Å². The summed E-state index contributed by atoms with van der Waals surface area (Å²) in [6.07, 6.45) is 4.67. The van der Waals surface area contributed by atoms with Crippen LogP contribution < -0.4 is 5.73 Å². The van der Waals surface area contributed by atoms with Crippen LogP contribution in [-0.2, 0) is 6.54 Å². The average molecular weight is 236 g/mol. The van der Waals surface area contributed by atoms with Crippen molar-refractivity contribution < 1.29 is 0 Å². The first kappa shape index (κ1) is 12.0. The van der Waals surface area contributed by atoms with Crippen molar-refractivity contribution in [3.8, 4) is 0 Å². The Balaban J connectivity index is 1.97. The Morgan fingerprint density at radius 3 is 2.75 bits per heavy atom. The van der Waals surface area contributed by atoms with Crippen molar-refractivity contribution in [1.82, 2.24) is 4.90 Å². The van der Waals surface area contributed by atoms with Crippen LogP contribution in [0.3, 0.4) is 0 Å². The molecule has 0 bridgehead atoms. The van der Waals surface area contributed by atoms with Crippen molar-refractivity contribution in [2.45, 2.75) is 30.3 Å². The summed E-state index contributed by atoms with van der Waals surface area (Å²) in [7, 11) is 0. The van der Waals surface area contributed by atoms with Gasteiger partial charge < -0.3 is 5.73 Å². The lowest BCUT2D eigenvalue weighted by Crippen LogP contribution is -2.34. The molecular weight excluding hydrogens is 216 g/mol. The van der Waals surface area contributed by atoms with E-state index in [1.54, 1.807) is 11.8 Å². The van der Waals surface area contributed by atoms with Gasteiger partial charge in [-0.2, -0.15) is 0 Å². The molecule has 0 aliphatic carbocycles. The number of hydrogen-bond donors (Lipinski definition) is 1. The monoisotopic (exact) mass is 236 g/mol. The van der Waals surface area contributed by atoms with Crippen molar-refractivity contribution in [3.05, 3.63) is 29.8 Å². The van der Waals surface area contributed by atoms with Crippen LogP contribution in [-0.4, -0.2) is 30.3 Å². The molecule has 16 heavy (non-hydrogen) atoms. The lowest BCUT2D eigenvalue weighted by molar-refractivity contribution is 0.250. The zero-order valence-corrected chi connectivity index (χ0v) is 10.7. The van der Waals surface area contributed by atoms with Crippen LogP contribution in [0.2, 0.25) is 0 Å². The topological polar surface area (TPSA) is 29.3 Å². The Labute approximate surface area is 102 Å². The fourth-order valence-corrected chi connectivity index (χ4v) is 2.74. The molecule has 1 aromatic rings. The van der Waals surface area contributed by atoms with Crippen molar-refractivity contribution in [2.75, 3.05) is 19.3 Å². The van der Waals surface area contributed by atoms with Crippen LogP contribution in [0.5, 0.6) is 0 Å². The molecule has 1 unspecified atom stereocenters. The van der Waals surface area contributed by atoms with Gasteiger partial charge in [0.2, 0.25) is 0 Å². The largest absolute Gasteiger partial charge is 0.329 e. The highest BCUT2D eigenvalue weighted by Crippen LogP contribution is 2.21. The molecule has 1 aromatic carbocycles. The van der Waals surface area contributed by atoms with E-state index < -0.39 is 0 Å². The molecule has 1 saturated heterocycles. The predicted molar refractivity (Wildman–Crippen MR) is 70.7 cm³/mol. The molecule has 0 aromatic heterocycles. The minimum atomic E-state index is 0.597. The number of nitrogens with zero attached hydrogens (tertiary/aromatic N) is 1. The van der Waals surface area contributed by atoms with Gasteiger partial charge in [0.15, 0.2) is 0 Å². The van der Waals surface area contributed by atoms with E-state index in [0.717, 1.165) is 13.1 Å². The molecule has 2 N–H and O–H groups in total. The third kappa shape index (κ3) is 2.78. The van der Waals surface area contributed by atoms with Gasteiger partial charge in [0.25, 0.3) is 0 Å². The summed E-state index contributed by atoms with van der Waals surface area (Å²) in [5.74, 6) is 0. The quantitative estimate of drug-likeness (QED) is 0.814. The standard InChI is InChI=1S/C13H20N2S/c1-16-13-6-4-11(5-7-13)10-15-8-2-3-12(15)9-14/h4-7,12H,2-3,8-10,14H2,1H3. The van der Waals surface area contributed by atoms with Crippen LogP contribution >= 0.6 is 11.8 Å². The Kier molecular flexibility index (Phi) is 4.27. The summed E-state index contributed by atoms with van der Waals surface area (Å²) in [4.78, 5) is 3.84. The van der Waals surface area contributed by atoms with E-state index in [1.807, 2.05) is 0 Å². The first-order chi connectivity index (χ1) is 7.83. The fraction of sp³-hybridized carbons (Fsp3) is 0.538. The molecule has 1 aliphatic rings. The number of rotatable bonds is 4. The van der Waals surface area contributed by atoms with Gasteiger partial charge in [-0.15, -0.1) is 11.8 Å². The highest BCUT2D eigenvalue weighted by Gasteiger charge is 2.22. The van der Waals surface area contributed by atoms with Gasteiger partial charge in [0.05, 0.1) is 0 Å². The van der Waals surface area contributed by atoms with Gasteiger partial charge >= 0.3 is 0 Å². The predicted octanol–water partition coefficient (Wildman–Crippen LogP) is 2.33. The fourth-order valence-electron chi connectivity index (χ4n) is 2.34. The molecular formula is C13H20N2S. The summed E-state index contributed by atoms with van der Waals surface area (Å²) in [6, 6.07) is 9.47. The Bertz CT molecular complexity index is 323. The summed E-state index contributed by atoms with van der Waals surface area (Å²) in [5, 5.41) is 0. The van der Waals surface area contributed by atoms with E-state index in [-0.39, 0.29) is 0 Å². The third-order valence-electron chi connectivity index (χ3n) is 3.32. The normalized spacial score (nSPS) is 21.5. The maximum atomic E-state index is 5.78. The number of hydrogen-bond acceptors (Lipinski definition) is 3. The van der Waals surface area contributed by atoms with Gasteiger partial charge in [-0.25, -0.2) is 0 Å². The molecule has 3 heteroatoms. The first-order valence-electron chi connectivity index (χ1n) is 5.90. The van der Waals surface area contributed by atoms with Crippen LogP contribution in [0.25, 0.3) is 0 Å². The second kappa shape index (κ2) is 5.71. The molecule has 0 radical (unpaired) electrons. The molecule has 88 valence electrons. The molecule has 1 heterocycles. The van der Waals surface area contributed by atoms with Crippen molar-refractivity contribution in [2.24, 2.45) is 5.73 Å². The third-order valence-corrected chi connectivity index (χ3v) is 4.06. The number of thioether (sulfide) groups is 1. The zero-order valence-electron chi connectivity index (χ0n) is 9.86. The number of benzene rings is 1. The molecule has 1 fully saturated rings. The summed E-state index contributed by atoms with van der Waals surface area (Å²) < 4.78 is 0. The average Bonchev–Trinajstić information content (AvgIpc) is 2.77.